The van der Waals surface area contributed by atoms with Crippen molar-refractivity contribution in [2.24, 2.45) is 0 Å². The number of hydrogen-bond donors (Lipinski definition) is 0. The summed E-state index contributed by atoms with van der Waals surface area (Å²) in [5, 5.41) is 5.20. The predicted octanol–water partition coefficient (Wildman–Crippen LogP) is 4.22. The number of hydrogen-bond acceptors (Lipinski definition) is 4. The van der Waals surface area contributed by atoms with E-state index in [0.717, 1.165) is 28.7 Å². The van der Waals surface area contributed by atoms with Crippen LogP contribution < -0.4 is 0 Å². The molecule has 0 bridgehead atoms. The fourth-order valence-electron chi connectivity index (χ4n) is 4.32. The molecule has 0 spiro atoms. The summed E-state index contributed by atoms with van der Waals surface area (Å²) in [5.74, 6) is -0.179. The highest BCUT2D eigenvalue weighted by Gasteiger charge is 2.25. The van der Waals surface area contributed by atoms with Gasteiger partial charge < -0.3 is 4.90 Å². The minimum Gasteiger partial charge on any atom is -0.336 e. The molecule has 1 aliphatic heterocycles. The largest absolute Gasteiger partial charge is 0.336 e. The monoisotopic (exact) mass is 443 g/mol. The van der Waals surface area contributed by atoms with Crippen LogP contribution in [0.15, 0.2) is 67.0 Å². The van der Waals surface area contributed by atoms with Crippen molar-refractivity contribution < 1.29 is 9.18 Å². The molecular formula is C26H26FN5O. The Morgan fingerprint density at radius 3 is 2.55 bits per heavy atom. The molecule has 1 fully saturated rings. The Hall–Kier alpha value is -3.58. The van der Waals surface area contributed by atoms with Crippen LogP contribution in [-0.4, -0.2) is 56.7 Å². The van der Waals surface area contributed by atoms with E-state index in [2.05, 4.69) is 10.00 Å². The molecule has 5 rings (SSSR count). The lowest BCUT2D eigenvalue weighted by molar-refractivity contribution is 0.0629. The number of halogens is 1. The van der Waals surface area contributed by atoms with Gasteiger partial charge in [0.2, 0.25) is 0 Å². The number of rotatable bonds is 5. The molecule has 4 aromatic rings. The Balaban J connectivity index is 1.37. The van der Waals surface area contributed by atoms with Gasteiger partial charge in [0.15, 0.2) is 0 Å². The number of para-hydroxylation sites is 1. The standard InChI is InChI=1S/C26H26FN5O/c1-2-32-18-20(16-28-32)25-15-22(21-8-4-6-10-24(21)29-25)26(33)31-13-11-30(12-14-31)17-19-7-3-5-9-23(19)27/h3-10,15-16,18H,2,11-14,17H2,1H3. The van der Waals surface area contributed by atoms with Crippen LogP contribution in [0.3, 0.4) is 0 Å². The Bertz CT molecular complexity index is 1290. The van der Waals surface area contributed by atoms with Crippen LogP contribution in [0.1, 0.15) is 22.8 Å². The first-order chi connectivity index (χ1) is 16.1. The normalized spacial score (nSPS) is 14.7. The van der Waals surface area contributed by atoms with Crippen molar-refractivity contribution in [3.63, 3.8) is 0 Å². The van der Waals surface area contributed by atoms with E-state index in [4.69, 9.17) is 4.98 Å². The molecule has 0 unspecified atom stereocenters. The molecule has 1 saturated heterocycles. The second kappa shape index (κ2) is 9.11. The van der Waals surface area contributed by atoms with Crippen LogP contribution >= 0.6 is 0 Å². The fourth-order valence-corrected chi connectivity index (χ4v) is 4.32. The van der Waals surface area contributed by atoms with E-state index in [1.54, 1.807) is 12.3 Å². The summed E-state index contributed by atoms with van der Waals surface area (Å²) < 4.78 is 15.9. The fraction of sp³-hybridized carbons (Fsp3) is 0.269. The first kappa shape index (κ1) is 21.3. The molecular weight excluding hydrogens is 417 g/mol. The third-order valence-electron chi connectivity index (χ3n) is 6.21. The molecule has 0 radical (unpaired) electrons. The van der Waals surface area contributed by atoms with Gasteiger partial charge >= 0.3 is 0 Å². The van der Waals surface area contributed by atoms with Crippen molar-refractivity contribution in [2.75, 3.05) is 26.2 Å². The molecule has 1 aliphatic rings. The SMILES string of the molecule is CCn1cc(-c2cc(C(=O)N3CCN(Cc4ccccc4F)CC3)c3ccccc3n2)cn1. The number of benzene rings is 2. The van der Waals surface area contributed by atoms with Gasteiger partial charge in [-0.1, -0.05) is 36.4 Å². The molecule has 1 amide bonds. The summed E-state index contributed by atoms with van der Waals surface area (Å²) >= 11 is 0. The number of aryl methyl sites for hydroxylation is 1. The molecule has 7 heteroatoms. The van der Waals surface area contributed by atoms with Crippen molar-refractivity contribution in [3.8, 4) is 11.3 Å². The van der Waals surface area contributed by atoms with E-state index >= 15 is 0 Å². The molecule has 0 N–H and O–H groups in total. The number of carbonyl (C=O) groups excluding carboxylic acids is 1. The van der Waals surface area contributed by atoms with Gasteiger partial charge in [0, 0.05) is 62.0 Å². The topological polar surface area (TPSA) is 54.3 Å². The second-order valence-electron chi connectivity index (χ2n) is 8.32. The third kappa shape index (κ3) is 4.36. The number of amides is 1. The zero-order valence-electron chi connectivity index (χ0n) is 18.6. The van der Waals surface area contributed by atoms with Crippen molar-refractivity contribution in [3.05, 3.63) is 83.9 Å². The van der Waals surface area contributed by atoms with Crippen LogP contribution in [0.25, 0.3) is 22.2 Å². The number of nitrogens with zero attached hydrogens (tertiary/aromatic N) is 5. The number of fused-ring (bicyclic) bond motifs is 1. The summed E-state index contributed by atoms with van der Waals surface area (Å²) in [6, 6.07) is 16.5. The Morgan fingerprint density at radius 1 is 1.03 bits per heavy atom. The van der Waals surface area contributed by atoms with Gasteiger partial charge in [-0.25, -0.2) is 9.37 Å². The lowest BCUT2D eigenvalue weighted by Crippen LogP contribution is -2.48. The van der Waals surface area contributed by atoms with E-state index in [1.165, 1.54) is 6.07 Å². The molecule has 2 aromatic carbocycles. The summed E-state index contributed by atoms with van der Waals surface area (Å²) in [4.78, 5) is 22.4. The molecule has 6 nitrogen and oxygen atoms in total. The van der Waals surface area contributed by atoms with Gasteiger partial charge in [0.05, 0.1) is 23.0 Å². The van der Waals surface area contributed by atoms with Crippen LogP contribution in [0.2, 0.25) is 0 Å². The number of carbonyl (C=O) groups is 1. The Labute approximate surface area is 192 Å². The van der Waals surface area contributed by atoms with Gasteiger partial charge in [-0.2, -0.15) is 5.10 Å². The average Bonchev–Trinajstić information content (AvgIpc) is 3.34. The highest BCUT2D eigenvalue weighted by Crippen LogP contribution is 2.26. The molecule has 33 heavy (non-hydrogen) atoms. The third-order valence-corrected chi connectivity index (χ3v) is 6.21. The van der Waals surface area contributed by atoms with Gasteiger partial charge in [0.1, 0.15) is 5.82 Å². The van der Waals surface area contributed by atoms with Crippen LogP contribution in [0.4, 0.5) is 4.39 Å². The number of aromatic nitrogens is 3. The van der Waals surface area contributed by atoms with Crippen molar-refractivity contribution in [1.29, 1.82) is 0 Å². The first-order valence-electron chi connectivity index (χ1n) is 11.3. The smallest absolute Gasteiger partial charge is 0.254 e. The summed E-state index contributed by atoms with van der Waals surface area (Å²) in [6.07, 6.45) is 3.74. The lowest BCUT2D eigenvalue weighted by Gasteiger charge is -2.35. The van der Waals surface area contributed by atoms with Gasteiger partial charge in [0.25, 0.3) is 5.91 Å². The molecule has 168 valence electrons. The van der Waals surface area contributed by atoms with Crippen LogP contribution in [0.5, 0.6) is 0 Å². The van der Waals surface area contributed by atoms with Crippen molar-refractivity contribution in [2.45, 2.75) is 20.0 Å². The molecule has 3 heterocycles. The van der Waals surface area contributed by atoms with Gasteiger partial charge in [-0.15, -0.1) is 0 Å². The van der Waals surface area contributed by atoms with Gasteiger partial charge in [-0.05, 0) is 25.1 Å². The van der Waals surface area contributed by atoms with E-state index in [-0.39, 0.29) is 11.7 Å². The summed E-state index contributed by atoms with van der Waals surface area (Å²) in [7, 11) is 0. The van der Waals surface area contributed by atoms with Gasteiger partial charge in [-0.3, -0.25) is 14.4 Å². The maximum Gasteiger partial charge on any atom is 0.254 e. The highest BCUT2D eigenvalue weighted by molar-refractivity contribution is 6.07. The van der Waals surface area contributed by atoms with Crippen molar-refractivity contribution >= 4 is 16.8 Å². The average molecular weight is 444 g/mol. The van der Waals surface area contributed by atoms with Crippen LogP contribution in [-0.2, 0) is 13.1 Å². The summed E-state index contributed by atoms with van der Waals surface area (Å²) in [6.45, 7) is 5.98. The number of piperazine rings is 1. The highest BCUT2D eigenvalue weighted by atomic mass is 19.1. The minimum absolute atomic E-state index is 0.00303. The molecule has 0 aliphatic carbocycles. The van der Waals surface area contributed by atoms with E-state index in [9.17, 15) is 9.18 Å². The maximum absolute atomic E-state index is 14.0. The van der Waals surface area contributed by atoms with Crippen LogP contribution in [0, 0.1) is 5.82 Å². The zero-order chi connectivity index (χ0) is 22.8. The molecule has 0 saturated carbocycles. The Kier molecular flexibility index (Phi) is 5.88. The number of pyridine rings is 1. The van der Waals surface area contributed by atoms with E-state index in [1.807, 2.05) is 65.2 Å². The lowest BCUT2D eigenvalue weighted by atomic mass is 10.0. The quantitative estimate of drug-likeness (QED) is 0.464. The molecule has 0 atom stereocenters. The first-order valence-corrected chi connectivity index (χ1v) is 11.3. The summed E-state index contributed by atoms with van der Waals surface area (Å²) in [5.41, 5.74) is 3.78. The Morgan fingerprint density at radius 2 is 1.79 bits per heavy atom. The van der Waals surface area contributed by atoms with Crippen molar-refractivity contribution in [1.82, 2.24) is 24.6 Å². The molecule has 2 aromatic heterocycles. The minimum atomic E-state index is -0.182. The van der Waals surface area contributed by atoms with E-state index < -0.39 is 0 Å². The zero-order valence-corrected chi connectivity index (χ0v) is 18.6. The van der Waals surface area contributed by atoms with E-state index in [0.29, 0.717) is 43.9 Å². The second-order valence-corrected chi connectivity index (χ2v) is 8.32. The predicted molar refractivity (Wildman–Crippen MR) is 126 cm³/mol. The maximum atomic E-state index is 14.0.